The average molecular weight is 419 g/mol. The Kier molecular flexibility index (Phi) is 5.72. The summed E-state index contributed by atoms with van der Waals surface area (Å²) in [5, 5.41) is 4.67. The number of ether oxygens (including phenoxy) is 1. The van der Waals surface area contributed by atoms with Crippen LogP contribution >= 0.6 is 27.7 Å². The molecule has 6 nitrogen and oxygen atoms in total. The highest BCUT2D eigenvalue weighted by atomic mass is 79.9. The maximum absolute atomic E-state index is 11.9. The molecule has 0 atom stereocenters. The molecule has 0 saturated carbocycles. The van der Waals surface area contributed by atoms with Crippen LogP contribution in [0.4, 0.5) is 0 Å². The summed E-state index contributed by atoms with van der Waals surface area (Å²) in [6.45, 7) is 0. The number of benzene rings is 2. The van der Waals surface area contributed by atoms with Gasteiger partial charge in [0.25, 0.3) is 5.91 Å². The lowest BCUT2D eigenvalue weighted by atomic mass is 10.2. The van der Waals surface area contributed by atoms with Crippen LogP contribution in [0, 0.1) is 0 Å². The quantitative estimate of drug-likeness (QED) is 0.364. The zero-order valence-electron chi connectivity index (χ0n) is 13.3. The van der Waals surface area contributed by atoms with Gasteiger partial charge in [-0.05, 0) is 51.8 Å². The standard InChI is InChI=1S/C17H15BrN4O2S/c1-24-15-7-6-11(8-12(15)18)9-19-22-16(23)10-25-17-20-13-4-2-3-5-14(13)21-17/h2-9H,10H2,1H3,(H,20,21)(H,22,23). The number of H-pyrrole nitrogens is 1. The molecule has 0 saturated heterocycles. The first-order chi connectivity index (χ1) is 12.2. The summed E-state index contributed by atoms with van der Waals surface area (Å²) in [4.78, 5) is 19.4. The number of fused-ring (bicyclic) bond motifs is 1. The Hall–Kier alpha value is -2.32. The summed E-state index contributed by atoms with van der Waals surface area (Å²) in [5.74, 6) is 0.765. The smallest absolute Gasteiger partial charge is 0.250 e. The number of amides is 1. The van der Waals surface area contributed by atoms with Gasteiger partial charge in [-0.1, -0.05) is 23.9 Å². The molecule has 1 amide bonds. The first-order valence-electron chi connectivity index (χ1n) is 7.38. The van der Waals surface area contributed by atoms with Crippen molar-refractivity contribution in [3.8, 4) is 5.75 Å². The number of aromatic amines is 1. The fourth-order valence-electron chi connectivity index (χ4n) is 2.11. The van der Waals surface area contributed by atoms with Crippen LogP contribution in [0.25, 0.3) is 11.0 Å². The van der Waals surface area contributed by atoms with E-state index in [9.17, 15) is 4.79 Å². The Morgan fingerprint density at radius 3 is 3.00 bits per heavy atom. The Labute approximate surface area is 157 Å². The van der Waals surface area contributed by atoms with Crippen LogP contribution in [0.5, 0.6) is 5.75 Å². The maximum atomic E-state index is 11.9. The Balaban J connectivity index is 1.51. The number of para-hydroxylation sites is 2. The molecule has 25 heavy (non-hydrogen) atoms. The van der Waals surface area contributed by atoms with Crippen molar-refractivity contribution in [3.63, 3.8) is 0 Å². The number of aromatic nitrogens is 2. The minimum absolute atomic E-state index is 0.200. The molecule has 0 unspecified atom stereocenters. The molecule has 8 heteroatoms. The van der Waals surface area contributed by atoms with Crippen molar-refractivity contribution in [1.82, 2.24) is 15.4 Å². The van der Waals surface area contributed by atoms with Gasteiger partial charge >= 0.3 is 0 Å². The number of hydrogen-bond acceptors (Lipinski definition) is 5. The van der Waals surface area contributed by atoms with E-state index in [1.165, 1.54) is 11.8 Å². The van der Waals surface area contributed by atoms with Crippen LogP contribution in [0.3, 0.4) is 0 Å². The third-order valence-electron chi connectivity index (χ3n) is 3.29. The van der Waals surface area contributed by atoms with E-state index in [0.717, 1.165) is 26.8 Å². The van der Waals surface area contributed by atoms with E-state index in [4.69, 9.17) is 4.74 Å². The van der Waals surface area contributed by atoms with Crippen molar-refractivity contribution >= 4 is 50.8 Å². The number of imidazole rings is 1. The molecule has 0 bridgehead atoms. The highest BCUT2D eigenvalue weighted by Gasteiger charge is 2.06. The predicted molar refractivity (Wildman–Crippen MR) is 103 cm³/mol. The first-order valence-corrected chi connectivity index (χ1v) is 9.16. The van der Waals surface area contributed by atoms with Crippen LogP contribution in [-0.2, 0) is 4.79 Å². The van der Waals surface area contributed by atoms with E-state index in [2.05, 4.69) is 36.4 Å². The number of methoxy groups -OCH3 is 1. The van der Waals surface area contributed by atoms with Crippen molar-refractivity contribution in [1.29, 1.82) is 0 Å². The summed E-state index contributed by atoms with van der Waals surface area (Å²) in [7, 11) is 1.60. The van der Waals surface area contributed by atoms with Crippen LogP contribution in [0.1, 0.15) is 5.56 Å². The number of hydrazone groups is 1. The number of nitrogens with zero attached hydrogens (tertiary/aromatic N) is 2. The summed E-state index contributed by atoms with van der Waals surface area (Å²) in [6.07, 6.45) is 1.58. The van der Waals surface area contributed by atoms with Crippen molar-refractivity contribution in [2.45, 2.75) is 5.16 Å². The lowest BCUT2D eigenvalue weighted by molar-refractivity contribution is -0.118. The van der Waals surface area contributed by atoms with Crippen molar-refractivity contribution in [2.75, 3.05) is 12.9 Å². The monoisotopic (exact) mass is 418 g/mol. The highest BCUT2D eigenvalue weighted by Crippen LogP contribution is 2.24. The average Bonchev–Trinajstić information content (AvgIpc) is 3.03. The van der Waals surface area contributed by atoms with Crippen LogP contribution in [0.2, 0.25) is 0 Å². The van der Waals surface area contributed by atoms with E-state index >= 15 is 0 Å². The lowest BCUT2D eigenvalue weighted by Gasteiger charge is -2.03. The molecule has 2 aromatic carbocycles. The third-order valence-corrected chi connectivity index (χ3v) is 4.78. The molecule has 1 aromatic heterocycles. The zero-order chi connectivity index (χ0) is 17.6. The Morgan fingerprint density at radius 1 is 1.40 bits per heavy atom. The van der Waals surface area contributed by atoms with E-state index < -0.39 is 0 Å². The normalized spacial score (nSPS) is 11.1. The topological polar surface area (TPSA) is 79.4 Å². The van der Waals surface area contributed by atoms with Gasteiger partial charge in [0, 0.05) is 0 Å². The van der Waals surface area contributed by atoms with E-state index in [1.807, 2.05) is 42.5 Å². The number of nitrogens with one attached hydrogen (secondary N) is 2. The van der Waals surface area contributed by atoms with Crippen molar-refractivity contribution < 1.29 is 9.53 Å². The number of thioether (sulfide) groups is 1. The number of carbonyl (C=O) groups is 1. The van der Waals surface area contributed by atoms with Gasteiger partial charge in [0.1, 0.15) is 5.75 Å². The minimum Gasteiger partial charge on any atom is -0.496 e. The maximum Gasteiger partial charge on any atom is 0.250 e. The van der Waals surface area contributed by atoms with E-state index in [1.54, 1.807) is 13.3 Å². The summed E-state index contributed by atoms with van der Waals surface area (Å²) in [5.41, 5.74) is 5.19. The van der Waals surface area contributed by atoms with Crippen molar-refractivity contribution in [3.05, 3.63) is 52.5 Å². The van der Waals surface area contributed by atoms with Gasteiger partial charge < -0.3 is 9.72 Å². The molecule has 0 fully saturated rings. The van der Waals surface area contributed by atoms with Gasteiger partial charge in [0.2, 0.25) is 0 Å². The molecule has 3 rings (SSSR count). The van der Waals surface area contributed by atoms with Gasteiger partial charge in [-0.2, -0.15) is 5.10 Å². The summed E-state index contributed by atoms with van der Waals surface area (Å²) >= 11 is 4.74. The first kappa shape index (κ1) is 17.5. The van der Waals surface area contributed by atoms with Gasteiger partial charge in [-0.3, -0.25) is 4.79 Å². The molecule has 0 aliphatic carbocycles. The molecule has 0 aliphatic rings. The summed E-state index contributed by atoms with van der Waals surface area (Å²) < 4.78 is 5.99. The van der Waals surface area contributed by atoms with Crippen molar-refractivity contribution in [2.24, 2.45) is 5.10 Å². The van der Waals surface area contributed by atoms with E-state index in [0.29, 0.717) is 5.16 Å². The van der Waals surface area contributed by atoms with Crippen LogP contribution < -0.4 is 10.2 Å². The van der Waals surface area contributed by atoms with Gasteiger partial charge in [0.05, 0.1) is 34.6 Å². The molecular weight excluding hydrogens is 404 g/mol. The number of carbonyl (C=O) groups excluding carboxylic acids is 1. The molecular formula is C17H15BrN4O2S. The SMILES string of the molecule is COc1ccc(C=NNC(=O)CSc2nc3ccccc3[nH]2)cc1Br. The third kappa shape index (κ3) is 4.61. The minimum atomic E-state index is -0.200. The summed E-state index contributed by atoms with van der Waals surface area (Å²) in [6, 6.07) is 13.3. The molecule has 0 aliphatic heterocycles. The molecule has 3 aromatic rings. The van der Waals surface area contributed by atoms with Gasteiger partial charge in [-0.25, -0.2) is 10.4 Å². The Morgan fingerprint density at radius 2 is 2.24 bits per heavy atom. The molecule has 128 valence electrons. The molecule has 0 radical (unpaired) electrons. The fourth-order valence-corrected chi connectivity index (χ4v) is 3.34. The van der Waals surface area contributed by atoms with Crippen LogP contribution in [-0.4, -0.2) is 35.0 Å². The number of rotatable bonds is 6. The van der Waals surface area contributed by atoms with E-state index in [-0.39, 0.29) is 11.7 Å². The van der Waals surface area contributed by atoms with Gasteiger partial charge in [-0.15, -0.1) is 0 Å². The highest BCUT2D eigenvalue weighted by molar-refractivity contribution is 9.10. The Bertz CT molecular complexity index is 893. The second-order valence-corrected chi connectivity index (χ2v) is 6.85. The second-order valence-electron chi connectivity index (χ2n) is 5.03. The molecule has 1 heterocycles. The second kappa shape index (κ2) is 8.17. The van der Waals surface area contributed by atoms with Crippen LogP contribution in [0.15, 0.2) is 57.2 Å². The number of hydrogen-bond donors (Lipinski definition) is 2. The lowest BCUT2D eigenvalue weighted by Crippen LogP contribution is -2.19. The largest absolute Gasteiger partial charge is 0.496 e. The zero-order valence-corrected chi connectivity index (χ0v) is 15.7. The fraction of sp³-hybridized carbons (Fsp3) is 0.118. The molecule has 0 spiro atoms. The molecule has 2 N–H and O–H groups in total. The predicted octanol–water partition coefficient (Wildman–Crippen LogP) is 3.58. The van der Waals surface area contributed by atoms with Gasteiger partial charge in [0.15, 0.2) is 5.16 Å². The number of halogens is 1.